The van der Waals surface area contributed by atoms with Gasteiger partial charge < -0.3 is 15.7 Å². The summed E-state index contributed by atoms with van der Waals surface area (Å²) in [6.45, 7) is 7.27. The minimum Gasteiger partial charge on any atom is -0.507 e. The van der Waals surface area contributed by atoms with E-state index in [9.17, 15) is 9.90 Å². The molecule has 140 valence electrons. The highest BCUT2D eigenvalue weighted by atomic mass is 32.1. The zero-order valence-corrected chi connectivity index (χ0v) is 17.2. The number of phenolic OH excluding ortho intramolecular Hbond substituents is 1. The molecular weight excluding hydrogens is 378 g/mol. The molecule has 7 heteroatoms. The second-order valence-corrected chi connectivity index (χ2v) is 8.77. The standard InChI is InChI=1S/C20H21N3O2S2/c1-11-9-12(21-19(26)23-18(25)20(2,3)4)10-13(16(11)24)17-22-14-7-5-6-8-15(14)27-17/h5-10,24H,1-4H3,(H2,21,23,25,26). The first-order chi connectivity index (χ1) is 12.6. The van der Waals surface area contributed by atoms with Crippen molar-refractivity contribution in [2.75, 3.05) is 5.32 Å². The third-order valence-electron chi connectivity index (χ3n) is 3.99. The van der Waals surface area contributed by atoms with Crippen molar-refractivity contribution >= 4 is 50.5 Å². The number of aromatic nitrogens is 1. The van der Waals surface area contributed by atoms with Crippen molar-refractivity contribution in [3.63, 3.8) is 0 Å². The normalized spacial score (nSPS) is 11.4. The molecule has 0 spiro atoms. The molecule has 3 rings (SSSR count). The summed E-state index contributed by atoms with van der Waals surface area (Å²) in [5.41, 5.74) is 2.35. The highest BCUT2D eigenvalue weighted by molar-refractivity contribution is 7.80. The molecule has 0 unspecified atom stereocenters. The van der Waals surface area contributed by atoms with Gasteiger partial charge in [-0.05, 0) is 49.0 Å². The fourth-order valence-corrected chi connectivity index (χ4v) is 3.65. The van der Waals surface area contributed by atoms with Crippen LogP contribution in [-0.2, 0) is 4.79 Å². The molecule has 0 aliphatic heterocycles. The van der Waals surface area contributed by atoms with E-state index in [0.29, 0.717) is 16.8 Å². The van der Waals surface area contributed by atoms with Gasteiger partial charge in [0.1, 0.15) is 10.8 Å². The molecule has 1 amide bonds. The van der Waals surface area contributed by atoms with E-state index in [2.05, 4.69) is 15.6 Å². The van der Waals surface area contributed by atoms with Crippen LogP contribution in [0, 0.1) is 12.3 Å². The molecule has 1 aromatic heterocycles. The summed E-state index contributed by atoms with van der Waals surface area (Å²) >= 11 is 6.76. The molecule has 0 fully saturated rings. The number of para-hydroxylation sites is 1. The molecule has 5 nitrogen and oxygen atoms in total. The van der Waals surface area contributed by atoms with Crippen LogP contribution >= 0.6 is 23.6 Å². The van der Waals surface area contributed by atoms with Crippen LogP contribution in [0.2, 0.25) is 0 Å². The number of carbonyl (C=O) groups is 1. The number of benzene rings is 2. The highest BCUT2D eigenvalue weighted by Crippen LogP contribution is 2.38. The SMILES string of the molecule is Cc1cc(NC(=S)NC(=O)C(C)(C)C)cc(-c2nc3ccccc3s2)c1O. The van der Waals surface area contributed by atoms with Crippen LogP contribution in [0.3, 0.4) is 0 Å². The van der Waals surface area contributed by atoms with Crippen LogP contribution in [-0.4, -0.2) is 21.1 Å². The van der Waals surface area contributed by atoms with Crippen LogP contribution in [0.5, 0.6) is 5.75 Å². The predicted molar refractivity (Wildman–Crippen MR) is 115 cm³/mol. The number of thiazole rings is 1. The molecule has 3 aromatic rings. The summed E-state index contributed by atoms with van der Waals surface area (Å²) in [4.78, 5) is 16.7. The van der Waals surface area contributed by atoms with Gasteiger partial charge in [-0.15, -0.1) is 11.3 Å². The number of amides is 1. The Morgan fingerprint density at radius 2 is 1.93 bits per heavy atom. The van der Waals surface area contributed by atoms with Gasteiger partial charge in [0, 0.05) is 11.1 Å². The Labute approximate surface area is 167 Å². The van der Waals surface area contributed by atoms with Crippen molar-refractivity contribution in [3.8, 4) is 16.3 Å². The van der Waals surface area contributed by atoms with Gasteiger partial charge in [0.25, 0.3) is 0 Å². The quantitative estimate of drug-likeness (QED) is 0.425. The van der Waals surface area contributed by atoms with Crippen molar-refractivity contribution in [3.05, 3.63) is 42.0 Å². The maximum absolute atomic E-state index is 12.1. The van der Waals surface area contributed by atoms with E-state index >= 15 is 0 Å². The fraction of sp³-hybridized carbons (Fsp3) is 0.250. The average Bonchev–Trinajstić information content (AvgIpc) is 3.00. The minimum absolute atomic E-state index is 0.165. The second kappa shape index (κ2) is 7.25. The summed E-state index contributed by atoms with van der Waals surface area (Å²) in [6.07, 6.45) is 0. The Hall–Kier alpha value is -2.51. The third-order valence-corrected chi connectivity index (χ3v) is 5.26. The zero-order chi connectivity index (χ0) is 19.8. The molecule has 0 atom stereocenters. The van der Waals surface area contributed by atoms with Crippen molar-refractivity contribution in [2.45, 2.75) is 27.7 Å². The van der Waals surface area contributed by atoms with Gasteiger partial charge >= 0.3 is 0 Å². The van der Waals surface area contributed by atoms with Crippen LogP contribution in [0.1, 0.15) is 26.3 Å². The highest BCUT2D eigenvalue weighted by Gasteiger charge is 2.22. The number of fused-ring (bicyclic) bond motifs is 1. The number of hydrogen-bond acceptors (Lipinski definition) is 5. The van der Waals surface area contributed by atoms with Crippen LogP contribution in [0.4, 0.5) is 5.69 Å². The first-order valence-corrected chi connectivity index (χ1v) is 9.69. The Morgan fingerprint density at radius 1 is 1.22 bits per heavy atom. The lowest BCUT2D eigenvalue weighted by Gasteiger charge is -2.19. The van der Waals surface area contributed by atoms with Gasteiger partial charge in [-0.1, -0.05) is 32.9 Å². The number of phenols is 1. The monoisotopic (exact) mass is 399 g/mol. The molecule has 0 bridgehead atoms. The van der Waals surface area contributed by atoms with Crippen molar-refractivity contribution in [1.82, 2.24) is 10.3 Å². The molecule has 1 heterocycles. The maximum atomic E-state index is 12.1. The van der Waals surface area contributed by atoms with Gasteiger partial charge in [-0.3, -0.25) is 4.79 Å². The maximum Gasteiger partial charge on any atom is 0.231 e. The first-order valence-electron chi connectivity index (χ1n) is 8.47. The number of aryl methyl sites for hydroxylation is 1. The topological polar surface area (TPSA) is 74.2 Å². The lowest BCUT2D eigenvalue weighted by atomic mass is 9.96. The summed E-state index contributed by atoms with van der Waals surface area (Å²) in [7, 11) is 0. The summed E-state index contributed by atoms with van der Waals surface area (Å²) < 4.78 is 1.05. The number of carbonyl (C=O) groups excluding carboxylic acids is 1. The molecule has 3 N–H and O–H groups in total. The average molecular weight is 400 g/mol. The number of rotatable bonds is 2. The number of thiocarbonyl (C=S) groups is 1. The van der Waals surface area contributed by atoms with E-state index in [1.165, 1.54) is 11.3 Å². The Kier molecular flexibility index (Phi) is 5.17. The number of hydrogen-bond donors (Lipinski definition) is 3. The zero-order valence-electron chi connectivity index (χ0n) is 15.6. The fourth-order valence-electron chi connectivity index (χ4n) is 2.46. The molecule has 27 heavy (non-hydrogen) atoms. The lowest BCUT2D eigenvalue weighted by Crippen LogP contribution is -2.41. The molecule has 0 aliphatic rings. The van der Waals surface area contributed by atoms with Crippen LogP contribution in [0.25, 0.3) is 20.8 Å². The Balaban J connectivity index is 1.90. The van der Waals surface area contributed by atoms with Gasteiger partial charge in [-0.25, -0.2) is 4.98 Å². The summed E-state index contributed by atoms with van der Waals surface area (Å²) in [6, 6.07) is 11.4. The predicted octanol–water partition coefficient (Wildman–Crippen LogP) is 4.84. The van der Waals surface area contributed by atoms with Crippen molar-refractivity contribution in [1.29, 1.82) is 0 Å². The molecular formula is C20H21N3O2S2. The Morgan fingerprint density at radius 3 is 2.59 bits per heavy atom. The number of anilines is 1. The number of aromatic hydroxyl groups is 1. The van der Waals surface area contributed by atoms with Gasteiger partial charge in [0.15, 0.2) is 5.11 Å². The smallest absolute Gasteiger partial charge is 0.231 e. The second-order valence-electron chi connectivity index (χ2n) is 7.33. The summed E-state index contributed by atoms with van der Waals surface area (Å²) in [5.74, 6) is 0.0196. The van der Waals surface area contributed by atoms with E-state index in [-0.39, 0.29) is 16.8 Å². The van der Waals surface area contributed by atoms with E-state index in [1.807, 2.05) is 52.0 Å². The lowest BCUT2D eigenvalue weighted by molar-refractivity contribution is -0.126. The number of nitrogens with one attached hydrogen (secondary N) is 2. The van der Waals surface area contributed by atoms with E-state index in [4.69, 9.17) is 12.2 Å². The molecule has 0 aliphatic carbocycles. The van der Waals surface area contributed by atoms with Crippen molar-refractivity contribution in [2.24, 2.45) is 5.41 Å². The first kappa shape index (κ1) is 19.3. The Bertz CT molecular complexity index is 1000. The third kappa shape index (κ3) is 4.26. The van der Waals surface area contributed by atoms with Gasteiger partial charge in [0.2, 0.25) is 5.91 Å². The van der Waals surface area contributed by atoms with Crippen LogP contribution in [0.15, 0.2) is 36.4 Å². The van der Waals surface area contributed by atoms with Gasteiger partial charge in [0.05, 0.1) is 15.8 Å². The molecule has 2 aromatic carbocycles. The number of nitrogens with zero attached hydrogens (tertiary/aromatic N) is 1. The van der Waals surface area contributed by atoms with Crippen molar-refractivity contribution < 1.29 is 9.90 Å². The van der Waals surface area contributed by atoms with Crippen LogP contribution < -0.4 is 10.6 Å². The van der Waals surface area contributed by atoms with E-state index in [1.54, 1.807) is 12.1 Å². The van der Waals surface area contributed by atoms with E-state index < -0.39 is 5.41 Å². The minimum atomic E-state index is -0.539. The summed E-state index contributed by atoms with van der Waals surface area (Å²) in [5, 5.41) is 17.2. The molecule has 0 saturated carbocycles. The molecule has 0 saturated heterocycles. The molecule has 0 radical (unpaired) electrons. The largest absolute Gasteiger partial charge is 0.507 e. The van der Waals surface area contributed by atoms with E-state index in [0.717, 1.165) is 15.2 Å². The van der Waals surface area contributed by atoms with Gasteiger partial charge in [-0.2, -0.15) is 0 Å².